The summed E-state index contributed by atoms with van der Waals surface area (Å²) in [6, 6.07) is 7.54. The van der Waals surface area contributed by atoms with E-state index in [1.807, 2.05) is 18.4 Å². The molecular weight excluding hydrogens is 262 g/mol. The molecule has 0 spiro atoms. The van der Waals surface area contributed by atoms with Crippen LogP contribution in [0.1, 0.15) is 22.8 Å². The molecule has 1 aromatic rings. The van der Waals surface area contributed by atoms with Crippen LogP contribution in [0.15, 0.2) is 24.3 Å². The predicted octanol–water partition coefficient (Wildman–Crippen LogP) is 1.68. The molecule has 1 rings (SSSR count). The van der Waals surface area contributed by atoms with E-state index in [1.165, 1.54) is 7.11 Å². The number of esters is 1. The molecule has 1 aromatic carbocycles. The number of benzene rings is 1. The number of carbonyl (C=O) groups is 1. The van der Waals surface area contributed by atoms with Crippen molar-refractivity contribution in [1.29, 1.82) is 0 Å². The Kier molecular flexibility index (Phi) is 6.91. The Labute approximate surface area is 118 Å². The molecule has 2 unspecified atom stereocenters. The van der Waals surface area contributed by atoms with Crippen molar-refractivity contribution in [2.24, 2.45) is 0 Å². The Morgan fingerprint density at radius 2 is 2.05 bits per heavy atom. The molecule has 0 saturated heterocycles. The third kappa shape index (κ3) is 4.86. The first-order chi connectivity index (χ1) is 9.12. The summed E-state index contributed by atoms with van der Waals surface area (Å²) in [6.45, 7) is 2.93. The smallest absolute Gasteiger partial charge is 0.337 e. The molecule has 0 fully saturated rings. The molecule has 0 aliphatic carbocycles. The van der Waals surface area contributed by atoms with E-state index >= 15 is 0 Å². The molecule has 0 aliphatic heterocycles. The molecule has 0 aliphatic rings. The third-order valence-electron chi connectivity index (χ3n) is 3.04. The van der Waals surface area contributed by atoms with Gasteiger partial charge in [0, 0.05) is 17.8 Å². The van der Waals surface area contributed by atoms with Gasteiger partial charge >= 0.3 is 5.97 Å². The summed E-state index contributed by atoms with van der Waals surface area (Å²) in [6.07, 6.45) is 1.99. The van der Waals surface area contributed by atoms with E-state index < -0.39 is 0 Å². The minimum absolute atomic E-state index is 0.163. The second-order valence-electron chi connectivity index (χ2n) is 4.31. The quantitative estimate of drug-likeness (QED) is 0.746. The van der Waals surface area contributed by atoms with Crippen LogP contribution in [-0.2, 0) is 11.3 Å². The zero-order chi connectivity index (χ0) is 14.3. The Balaban J connectivity index is 2.52. The maximum atomic E-state index is 11.3. The summed E-state index contributed by atoms with van der Waals surface area (Å²) >= 11 is 1.65. The number of hydrogen-bond acceptors (Lipinski definition) is 5. The van der Waals surface area contributed by atoms with Crippen LogP contribution in [0.5, 0.6) is 0 Å². The number of methoxy groups -OCH3 is 1. The number of aliphatic hydroxyl groups excluding tert-OH is 1. The van der Waals surface area contributed by atoms with Crippen molar-refractivity contribution in [1.82, 2.24) is 5.32 Å². The minimum atomic E-state index is -0.324. The molecule has 0 radical (unpaired) electrons. The zero-order valence-corrected chi connectivity index (χ0v) is 12.4. The average Bonchev–Trinajstić information content (AvgIpc) is 2.46. The summed E-state index contributed by atoms with van der Waals surface area (Å²) in [4.78, 5) is 11.3. The fourth-order valence-electron chi connectivity index (χ4n) is 1.72. The van der Waals surface area contributed by atoms with Crippen LogP contribution in [0.4, 0.5) is 0 Å². The molecule has 19 heavy (non-hydrogen) atoms. The highest BCUT2D eigenvalue weighted by atomic mass is 32.2. The van der Waals surface area contributed by atoms with E-state index in [0.717, 1.165) is 5.56 Å². The summed E-state index contributed by atoms with van der Waals surface area (Å²) in [5, 5.41) is 12.8. The topological polar surface area (TPSA) is 58.6 Å². The second kappa shape index (κ2) is 8.19. The van der Waals surface area contributed by atoms with Gasteiger partial charge < -0.3 is 15.2 Å². The van der Waals surface area contributed by atoms with Gasteiger partial charge in [-0.3, -0.25) is 0 Å². The van der Waals surface area contributed by atoms with Crippen LogP contribution in [0.25, 0.3) is 0 Å². The van der Waals surface area contributed by atoms with Gasteiger partial charge in [-0.1, -0.05) is 12.1 Å². The van der Waals surface area contributed by atoms with Crippen molar-refractivity contribution < 1.29 is 14.6 Å². The van der Waals surface area contributed by atoms with E-state index in [9.17, 15) is 9.90 Å². The number of carbonyl (C=O) groups excluding carboxylic acids is 1. The fraction of sp³-hybridized carbons (Fsp3) is 0.500. The number of hydrogen-bond donors (Lipinski definition) is 2. The molecule has 0 heterocycles. The molecule has 0 saturated carbocycles. The Hall–Kier alpha value is -1.04. The summed E-state index contributed by atoms with van der Waals surface area (Å²) in [5.74, 6) is -0.324. The Bertz CT molecular complexity index is 390. The van der Waals surface area contributed by atoms with E-state index in [4.69, 9.17) is 0 Å². The van der Waals surface area contributed by atoms with E-state index in [1.54, 1.807) is 23.9 Å². The van der Waals surface area contributed by atoms with Gasteiger partial charge in [0.15, 0.2) is 0 Å². The Morgan fingerprint density at radius 3 is 2.53 bits per heavy atom. The van der Waals surface area contributed by atoms with Crippen molar-refractivity contribution in [3.63, 3.8) is 0 Å². The second-order valence-corrected chi connectivity index (χ2v) is 5.39. The average molecular weight is 283 g/mol. The molecule has 5 heteroatoms. The molecule has 106 valence electrons. The number of ether oxygens (including phenoxy) is 1. The predicted molar refractivity (Wildman–Crippen MR) is 78.5 cm³/mol. The van der Waals surface area contributed by atoms with Gasteiger partial charge in [-0.2, -0.15) is 11.8 Å². The van der Waals surface area contributed by atoms with Crippen LogP contribution < -0.4 is 5.32 Å². The maximum absolute atomic E-state index is 11.3. The summed E-state index contributed by atoms with van der Waals surface area (Å²) in [5.41, 5.74) is 1.65. The minimum Gasteiger partial charge on any atom is -0.465 e. The maximum Gasteiger partial charge on any atom is 0.337 e. The van der Waals surface area contributed by atoms with Crippen molar-refractivity contribution in [3.05, 3.63) is 35.4 Å². The fourth-order valence-corrected chi connectivity index (χ4v) is 2.38. The first kappa shape index (κ1) is 16.0. The molecule has 0 amide bonds. The largest absolute Gasteiger partial charge is 0.465 e. The van der Waals surface area contributed by atoms with E-state index in [-0.39, 0.29) is 23.9 Å². The zero-order valence-electron chi connectivity index (χ0n) is 11.6. The van der Waals surface area contributed by atoms with Gasteiger partial charge in [-0.25, -0.2) is 4.79 Å². The third-order valence-corrected chi connectivity index (χ3v) is 4.21. The van der Waals surface area contributed by atoms with Crippen LogP contribution >= 0.6 is 11.8 Å². The molecule has 2 atom stereocenters. The highest BCUT2D eigenvalue weighted by molar-refractivity contribution is 7.99. The lowest BCUT2D eigenvalue weighted by atomic mass is 10.1. The lowest BCUT2D eigenvalue weighted by Gasteiger charge is -2.21. The van der Waals surface area contributed by atoms with Crippen LogP contribution in [0, 0.1) is 0 Å². The Morgan fingerprint density at radius 1 is 1.42 bits per heavy atom. The first-order valence-corrected chi connectivity index (χ1v) is 7.45. The highest BCUT2D eigenvalue weighted by Crippen LogP contribution is 2.11. The van der Waals surface area contributed by atoms with E-state index in [0.29, 0.717) is 12.1 Å². The van der Waals surface area contributed by atoms with Crippen LogP contribution in [-0.4, -0.2) is 42.3 Å². The number of thioether (sulfide) groups is 1. The van der Waals surface area contributed by atoms with Gasteiger partial charge in [-0.15, -0.1) is 0 Å². The number of rotatable bonds is 7. The van der Waals surface area contributed by atoms with Crippen molar-refractivity contribution in [2.45, 2.75) is 24.8 Å². The molecule has 2 N–H and O–H groups in total. The van der Waals surface area contributed by atoms with Crippen molar-refractivity contribution in [2.75, 3.05) is 20.0 Å². The standard InChI is InChI=1S/C14H21NO3S/c1-10(13(9-16)19-3)15-8-11-4-6-12(7-5-11)14(17)18-2/h4-7,10,13,15-16H,8-9H2,1-3H3. The van der Waals surface area contributed by atoms with E-state index in [2.05, 4.69) is 17.0 Å². The SMILES string of the molecule is COC(=O)c1ccc(CNC(C)C(CO)SC)cc1. The monoisotopic (exact) mass is 283 g/mol. The molecular formula is C14H21NO3S. The first-order valence-electron chi connectivity index (χ1n) is 6.16. The van der Waals surface area contributed by atoms with Gasteiger partial charge in [0.05, 0.1) is 19.3 Å². The molecule has 0 aromatic heterocycles. The summed E-state index contributed by atoms with van der Waals surface area (Å²) < 4.78 is 4.65. The normalized spacial score (nSPS) is 13.9. The van der Waals surface area contributed by atoms with Gasteiger partial charge in [-0.05, 0) is 30.9 Å². The number of aliphatic hydroxyl groups is 1. The van der Waals surface area contributed by atoms with Crippen LogP contribution in [0.2, 0.25) is 0 Å². The molecule has 0 bridgehead atoms. The van der Waals surface area contributed by atoms with Gasteiger partial charge in [0.25, 0.3) is 0 Å². The number of nitrogens with one attached hydrogen (secondary N) is 1. The van der Waals surface area contributed by atoms with Gasteiger partial charge in [0.2, 0.25) is 0 Å². The summed E-state index contributed by atoms with van der Waals surface area (Å²) in [7, 11) is 1.37. The van der Waals surface area contributed by atoms with Crippen molar-refractivity contribution in [3.8, 4) is 0 Å². The van der Waals surface area contributed by atoms with Gasteiger partial charge in [0.1, 0.15) is 0 Å². The lowest BCUT2D eigenvalue weighted by molar-refractivity contribution is 0.0600. The van der Waals surface area contributed by atoms with Crippen molar-refractivity contribution >= 4 is 17.7 Å². The van der Waals surface area contributed by atoms with Crippen LogP contribution in [0.3, 0.4) is 0 Å². The highest BCUT2D eigenvalue weighted by Gasteiger charge is 2.14. The molecule has 4 nitrogen and oxygen atoms in total. The lowest BCUT2D eigenvalue weighted by Crippen LogP contribution is -2.37.